The van der Waals surface area contributed by atoms with Gasteiger partial charge in [-0.2, -0.15) is 0 Å². The maximum Gasteiger partial charge on any atom is 0.230 e. The molecule has 0 aromatic heterocycles. The predicted molar refractivity (Wildman–Crippen MR) is 66.4 cm³/mol. The third-order valence-corrected chi connectivity index (χ3v) is 3.37. The van der Waals surface area contributed by atoms with Gasteiger partial charge < -0.3 is 14.1 Å². The Balaban J connectivity index is 1.66. The van der Waals surface area contributed by atoms with Gasteiger partial charge in [0.05, 0.1) is 26.6 Å². The Kier molecular flexibility index (Phi) is 4.27. The van der Waals surface area contributed by atoms with E-state index < -0.39 is 0 Å². The number of nitrogens with zero attached hydrogens (tertiary/aromatic N) is 2. The zero-order chi connectivity index (χ0) is 12.0. The lowest BCUT2D eigenvalue weighted by molar-refractivity contribution is -0.907. The van der Waals surface area contributed by atoms with Crippen molar-refractivity contribution in [2.45, 2.75) is 25.7 Å². The summed E-state index contributed by atoms with van der Waals surface area (Å²) in [5.74, 6) is 6.96. The Labute approximate surface area is 103 Å². The lowest BCUT2D eigenvalue weighted by atomic mass is 10.1. The number of piperidine rings is 1. The second-order valence-electron chi connectivity index (χ2n) is 5.00. The van der Waals surface area contributed by atoms with Gasteiger partial charge in [0.2, 0.25) is 5.90 Å². The van der Waals surface area contributed by atoms with Crippen molar-refractivity contribution in [3.8, 4) is 11.8 Å². The van der Waals surface area contributed by atoms with Crippen LogP contribution in [0.2, 0.25) is 0 Å². The Morgan fingerprint density at radius 3 is 2.82 bits per heavy atom. The van der Waals surface area contributed by atoms with Crippen LogP contribution in [0, 0.1) is 11.8 Å². The van der Waals surface area contributed by atoms with E-state index in [9.17, 15) is 0 Å². The summed E-state index contributed by atoms with van der Waals surface area (Å²) in [6.45, 7) is 4.53. The quantitative estimate of drug-likeness (QED) is 0.536. The monoisotopic (exact) mass is 237 g/mol. The highest BCUT2D eigenvalue weighted by Gasteiger charge is 2.22. The second kappa shape index (κ2) is 5.92. The molecule has 0 N–H and O–H groups in total. The minimum absolute atomic E-state index is 0.433. The summed E-state index contributed by atoms with van der Waals surface area (Å²) in [5, 5.41) is 3.76. The van der Waals surface area contributed by atoms with E-state index in [4.69, 9.17) is 9.57 Å². The molecular weight excluding hydrogens is 216 g/mol. The van der Waals surface area contributed by atoms with E-state index in [1.165, 1.54) is 32.4 Å². The summed E-state index contributed by atoms with van der Waals surface area (Å²) in [4.78, 5) is 4.84. The zero-order valence-corrected chi connectivity index (χ0v) is 10.6. The van der Waals surface area contributed by atoms with Crippen molar-refractivity contribution in [1.29, 1.82) is 0 Å². The molecule has 2 aliphatic heterocycles. The fourth-order valence-corrected chi connectivity index (χ4v) is 2.25. The van der Waals surface area contributed by atoms with Gasteiger partial charge >= 0.3 is 0 Å². The molecule has 0 amide bonds. The fraction of sp³-hybridized carbons (Fsp3) is 0.769. The molecule has 1 saturated heterocycles. The van der Waals surface area contributed by atoms with E-state index in [1.807, 2.05) is 0 Å². The highest BCUT2D eigenvalue weighted by molar-refractivity contribution is 5.76. The van der Waals surface area contributed by atoms with E-state index in [2.05, 4.69) is 24.0 Å². The van der Waals surface area contributed by atoms with Crippen molar-refractivity contribution in [3.05, 3.63) is 0 Å². The van der Waals surface area contributed by atoms with Crippen molar-refractivity contribution >= 4 is 5.90 Å². The molecule has 0 atom stereocenters. The largest absolute Gasteiger partial charge is 0.465 e. The van der Waals surface area contributed by atoms with Gasteiger partial charge in [-0.15, -0.1) is 0 Å². The summed E-state index contributed by atoms with van der Waals surface area (Å²) < 4.78 is 6.46. The first kappa shape index (κ1) is 12.3. The van der Waals surface area contributed by atoms with E-state index >= 15 is 0 Å². The molecule has 0 saturated carbocycles. The van der Waals surface area contributed by atoms with E-state index in [0.29, 0.717) is 19.1 Å². The molecule has 0 unspecified atom stereocenters. The minimum Gasteiger partial charge on any atom is -0.465 e. The number of hydrogen-bond acceptors (Lipinski definition) is 3. The number of ether oxygens (including phenoxy) is 1. The van der Waals surface area contributed by atoms with Gasteiger partial charge in [-0.05, 0) is 25.2 Å². The summed E-state index contributed by atoms with van der Waals surface area (Å²) in [5.41, 5.74) is 0. The Bertz CT molecular complexity index is 335. The van der Waals surface area contributed by atoms with Gasteiger partial charge in [-0.1, -0.05) is 11.1 Å². The number of hydrogen-bond donors (Lipinski definition) is 0. The van der Waals surface area contributed by atoms with Crippen LogP contribution in [0.4, 0.5) is 0 Å². The van der Waals surface area contributed by atoms with Crippen LogP contribution in [-0.4, -0.2) is 50.3 Å². The highest BCUT2D eigenvalue weighted by atomic mass is 16.7. The first-order chi connectivity index (χ1) is 8.29. The minimum atomic E-state index is 0.433. The summed E-state index contributed by atoms with van der Waals surface area (Å²) in [7, 11) is 2.30. The molecule has 0 bridgehead atoms. The molecule has 0 radical (unpaired) electrons. The standard InChI is InChI=1S/C13H21N2O2/c1-15(8-3-2-4-9-15)10-5-6-11-16-13-7-12-17-14-13/h2-4,7-12H2,1H3/q+1. The lowest BCUT2D eigenvalue weighted by Gasteiger charge is -2.35. The zero-order valence-electron chi connectivity index (χ0n) is 10.6. The third kappa shape index (κ3) is 3.94. The molecule has 94 valence electrons. The molecule has 0 spiro atoms. The molecule has 17 heavy (non-hydrogen) atoms. The molecule has 2 rings (SSSR count). The number of oxime groups is 1. The maximum atomic E-state index is 5.37. The molecular formula is C13H21N2O2+. The first-order valence-electron chi connectivity index (χ1n) is 6.39. The lowest BCUT2D eigenvalue weighted by Crippen LogP contribution is -2.48. The number of quaternary nitrogens is 1. The van der Waals surface area contributed by atoms with Crippen molar-refractivity contribution in [3.63, 3.8) is 0 Å². The van der Waals surface area contributed by atoms with Crippen LogP contribution in [0.3, 0.4) is 0 Å². The third-order valence-electron chi connectivity index (χ3n) is 3.37. The highest BCUT2D eigenvalue weighted by Crippen LogP contribution is 2.14. The van der Waals surface area contributed by atoms with Crippen LogP contribution in [-0.2, 0) is 9.57 Å². The molecule has 0 aliphatic carbocycles. The van der Waals surface area contributed by atoms with Crippen LogP contribution in [0.15, 0.2) is 5.16 Å². The molecule has 4 heteroatoms. The predicted octanol–water partition coefficient (Wildman–Crippen LogP) is 1.37. The van der Waals surface area contributed by atoms with Crippen molar-refractivity contribution in [1.82, 2.24) is 0 Å². The second-order valence-corrected chi connectivity index (χ2v) is 5.00. The van der Waals surface area contributed by atoms with Crippen molar-refractivity contribution in [2.24, 2.45) is 5.16 Å². The van der Waals surface area contributed by atoms with Crippen LogP contribution >= 0.6 is 0 Å². The van der Waals surface area contributed by atoms with Gasteiger partial charge in [0.25, 0.3) is 0 Å². The average molecular weight is 237 g/mol. The van der Waals surface area contributed by atoms with Gasteiger partial charge in [0.1, 0.15) is 13.2 Å². The average Bonchev–Trinajstić information content (AvgIpc) is 2.82. The van der Waals surface area contributed by atoms with E-state index in [-0.39, 0.29) is 0 Å². The molecule has 2 aliphatic rings. The maximum absolute atomic E-state index is 5.37. The van der Waals surface area contributed by atoms with Gasteiger partial charge in [-0.25, -0.2) is 0 Å². The van der Waals surface area contributed by atoms with Gasteiger partial charge in [0, 0.05) is 0 Å². The SMILES string of the molecule is C[N+]1(CC#CCOC2=NOCC2)CCCCC1. The molecule has 0 aromatic rings. The molecule has 2 heterocycles. The fourth-order valence-electron chi connectivity index (χ4n) is 2.25. The summed E-state index contributed by atoms with van der Waals surface area (Å²) in [6.07, 6.45) is 4.82. The van der Waals surface area contributed by atoms with Crippen LogP contribution in [0.25, 0.3) is 0 Å². The Morgan fingerprint density at radius 2 is 2.12 bits per heavy atom. The first-order valence-corrected chi connectivity index (χ1v) is 6.39. The number of rotatable bonds is 2. The Hall–Kier alpha value is -1.21. The van der Waals surface area contributed by atoms with Crippen molar-refractivity contribution < 1.29 is 14.1 Å². The van der Waals surface area contributed by atoms with Crippen LogP contribution < -0.4 is 0 Å². The summed E-state index contributed by atoms with van der Waals surface area (Å²) in [6, 6.07) is 0. The topological polar surface area (TPSA) is 30.8 Å². The van der Waals surface area contributed by atoms with Crippen molar-refractivity contribution in [2.75, 3.05) is 39.9 Å². The Morgan fingerprint density at radius 1 is 1.29 bits per heavy atom. The van der Waals surface area contributed by atoms with Gasteiger partial charge in [-0.3, -0.25) is 0 Å². The van der Waals surface area contributed by atoms with Crippen LogP contribution in [0.5, 0.6) is 0 Å². The molecule has 4 nitrogen and oxygen atoms in total. The smallest absolute Gasteiger partial charge is 0.230 e. The number of likely N-dealkylation sites (tertiary alicyclic amines) is 1. The molecule has 1 fully saturated rings. The molecule has 0 aromatic carbocycles. The summed E-state index contributed by atoms with van der Waals surface area (Å²) >= 11 is 0. The van der Waals surface area contributed by atoms with E-state index in [1.54, 1.807) is 0 Å². The van der Waals surface area contributed by atoms with Crippen LogP contribution in [0.1, 0.15) is 25.7 Å². The normalized spacial score (nSPS) is 22.1. The van der Waals surface area contributed by atoms with E-state index in [0.717, 1.165) is 17.4 Å². The van der Waals surface area contributed by atoms with Gasteiger partial charge in [0.15, 0.2) is 6.61 Å².